The van der Waals surface area contributed by atoms with Gasteiger partial charge in [-0.25, -0.2) is 4.79 Å². The van der Waals surface area contributed by atoms with Gasteiger partial charge in [0.25, 0.3) is 0 Å². The second-order valence-electron chi connectivity index (χ2n) is 6.69. The normalized spacial score (nSPS) is 27.7. The Bertz CT molecular complexity index is 429. The SMILES string of the molecule is O=C(O)C(C1CC1)N1C(=O)CC2(CCCCC2)CC1=O. The second kappa shape index (κ2) is 4.86. The Kier molecular flexibility index (Phi) is 3.30. The van der Waals surface area contributed by atoms with Crippen molar-refractivity contribution in [3.05, 3.63) is 0 Å². The third-order valence-corrected chi connectivity index (χ3v) is 5.10. The third-order valence-electron chi connectivity index (χ3n) is 5.10. The molecular formula is C15H21NO4. The summed E-state index contributed by atoms with van der Waals surface area (Å²) < 4.78 is 0. The van der Waals surface area contributed by atoms with Crippen LogP contribution in [0.25, 0.3) is 0 Å². The van der Waals surface area contributed by atoms with Crippen molar-refractivity contribution in [3.63, 3.8) is 0 Å². The number of carbonyl (C=O) groups is 3. The van der Waals surface area contributed by atoms with Crippen LogP contribution in [-0.4, -0.2) is 33.8 Å². The van der Waals surface area contributed by atoms with Crippen molar-refractivity contribution >= 4 is 17.8 Å². The molecule has 2 aliphatic carbocycles. The minimum absolute atomic E-state index is 0.0270. The Morgan fingerprint density at radius 2 is 1.65 bits per heavy atom. The molecular weight excluding hydrogens is 258 g/mol. The number of carbonyl (C=O) groups excluding carboxylic acids is 2. The van der Waals surface area contributed by atoms with Crippen molar-refractivity contribution in [2.24, 2.45) is 11.3 Å². The van der Waals surface area contributed by atoms with E-state index in [4.69, 9.17) is 0 Å². The third kappa shape index (κ3) is 2.34. The number of likely N-dealkylation sites (tertiary alicyclic amines) is 1. The molecule has 3 rings (SSSR count). The molecule has 20 heavy (non-hydrogen) atoms. The Balaban J connectivity index is 1.79. The topological polar surface area (TPSA) is 74.7 Å². The van der Waals surface area contributed by atoms with Crippen LogP contribution in [0.15, 0.2) is 0 Å². The van der Waals surface area contributed by atoms with Crippen LogP contribution in [0, 0.1) is 11.3 Å². The van der Waals surface area contributed by atoms with Gasteiger partial charge in [-0.3, -0.25) is 14.5 Å². The van der Waals surface area contributed by atoms with Crippen molar-refractivity contribution < 1.29 is 19.5 Å². The smallest absolute Gasteiger partial charge is 0.327 e. The van der Waals surface area contributed by atoms with Gasteiger partial charge >= 0.3 is 5.97 Å². The Morgan fingerprint density at radius 1 is 1.10 bits per heavy atom. The summed E-state index contributed by atoms with van der Waals surface area (Å²) in [5, 5.41) is 9.33. The molecule has 3 aliphatic rings. The molecule has 5 nitrogen and oxygen atoms in total. The van der Waals surface area contributed by atoms with Crippen LogP contribution < -0.4 is 0 Å². The average Bonchev–Trinajstić information content (AvgIpc) is 3.18. The van der Waals surface area contributed by atoms with Gasteiger partial charge in [0.1, 0.15) is 6.04 Å². The highest BCUT2D eigenvalue weighted by molar-refractivity contribution is 6.02. The average molecular weight is 279 g/mol. The number of carboxylic acids is 1. The quantitative estimate of drug-likeness (QED) is 0.801. The summed E-state index contributed by atoms with van der Waals surface area (Å²) in [7, 11) is 0. The van der Waals surface area contributed by atoms with E-state index in [1.807, 2.05) is 0 Å². The highest BCUT2D eigenvalue weighted by Crippen LogP contribution is 2.47. The highest BCUT2D eigenvalue weighted by atomic mass is 16.4. The molecule has 2 saturated carbocycles. The van der Waals surface area contributed by atoms with Crippen molar-refractivity contribution in [3.8, 4) is 0 Å². The van der Waals surface area contributed by atoms with Gasteiger partial charge in [-0.1, -0.05) is 19.3 Å². The molecule has 1 atom stereocenters. The number of imide groups is 1. The Morgan fingerprint density at radius 3 is 2.10 bits per heavy atom. The van der Waals surface area contributed by atoms with E-state index in [1.54, 1.807) is 0 Å². The van der Waals surface area contributed by atoms with Crippen molar-refractivity contribution in [1.82, 2.24) is 4.90 Å². The molecule has 0 aromatic heterocycles. The predicted molar refractivity (Wildman–Crippen MR) is 70.8 cm³/mol. The van der Waals surface area contributed by atoms with Gasteiger partial charge in [0.05, 0.1) is 0 Å². The van der Waals surface area contributed by atoms with E-state index in [2.05, 4.69) is 0 Å². The van der Waals surface area contributed by atoms with E-state index in [-0.39, 0.29) is 23.1 Å². The maximum atomic E-state index is 12.4. The summed E-state index contributed by atoms with van der Waals surface area (Å²) in [6.45, 7) is 0. The number of carboxylic acid groups (broad SMARTS) is 1. The number of hydrogen-bond donors (Lipinski definition) is 1. The number of hydrogen-bond acceptors (Lipinski definition) is 3. The molecule has 1 N–H and O–H groups in total. The summed E-state index contributed by atoms with van der Waals surface area (Å²) in [6.07, 6.45) is 7.51. The summed E-state index contributed by atoms with van der Waals surface area (Å²) in [5.74, 6) is -1.58. The van der Waals surface area contributed by atoms with Crippen LogP contribution in [0.3, 0.4) is 0 Å². The lowest BCUT2D eigenvalue weighted by Gasteiger charge is -2.43. The number of amides is 2. The largest absolute Gasteiger partial charge is 0.480 e. The molecule has 0 bridgehead atoms. The van der Waals surface area contributed by atoms with Gasteiger partial charge in [0.2, 0.25) is 11.8 Å². The summed E-state index contributed by atoms with van der Waals surface area (Å²) in [5.41, 5.74) is -0.171. The van der Waals surface area contributed by atoms with Crippen LogP contribution in [-0.2, 0) is 14.4 Å². The molecule has 0 aromatic carbocycles. The van der Waals surface area contributed by atoms with Crippen molar-refractivity contribution in [1.29, 1.82) is 0 Å². The first kappa shape index (κ1) is 13.6. The Hall–Kier alpha value is -1.39. The van der Waals surface area contributed by atoms with Crippen LogP contribution in [0.1, 0.15) is 57.8 Å². The maximum absolute atomic E-state index is 12.4. The lowest BCUT2D eigenvalue weighted by atomic mass is 9.67. The molecule has 1 spiro atoms. The van der Waals surface area contributed by atoms with Crippen LogP contribution in [0.4, 0.5) is 0 Å². The number of aliphatic carboxylic acids is 1. The van der Waals surface area contributed by atoms with Gasteiger partial charge in [-0.2, -0.15) is 0 Å². The zero-order valence-electron chi connectivity index (χ0n) is 11.6. The first-order valence-electron chi connectivity index (χ1n) is 7.60. The zero-order chi connectivity index (χ0) is 14.3. The van der Waals surface area contributed by atoms with Gasteiger partial charge in [-0.15, -0.1) is 0 Å². The van der Waals surface area contributed by atoms with E-state index >= 15 is 0 Å². The minimum Gasteiger partial charge on any atom is -0.480 e. The van der Waals surface area contributed by atoms with E-state index in [1.165, 1.54) is 6.42 Å². The maximum Gasteiger partial charge on any atom is 0.327 e. The van der Waals surface area contributed by atoms with Gasteiger partial charge in [-0.05, 0) is 37.0 Å². The number of piperidine rings is 1. The second-order valence-corrected chi connectivity index (χ2v) is 6.69. The zero-order valence-corrected chi connectivity index (χ0v) is 11.6. The fourth-order valence-electron chi connectivity index (χ4n) is 3.91. The number of rotatable bonds is 3. The lowest BCUT2D eigenvalue weighted by Crippen LogP contribution is -2.56. The highest BCUT2D eigenvalue weighted by Gasteiger charge is 2.51. The molecule has 0 aromatic rings. The summed E-state index contributed by atoms with van der Waals surface area (Å²) in [4.78, 5) is 37.3. The molecule has 5 heteroatoms. The molecule has 2 amide bonds. The van der Waals surface area contributed by atoms with Gasteiger partial charge in [0, 0.05) is 12.8 Å². The van der Waals surface area contributed by atoms with Crippen molar-refractivity contribution in [2.75, 3.05) is 0 Å². The van der Waals surface area contributed by atoms with Crippen LogP contribution in [0.2, 0.25) is 0 Å². The van der Waals surface area contributed by atoms with Crippen molar-refractivity contribution in [2.45, 2.75) is 63.8 Å². The monoisotopic (exact) mass is 279 g/mol. The summed E-state index contributed by atoms with van der Waals surface area (Å²) >= 11 is 0. The van der Waals surface area contributed by atoms with E-state index in [9.17, 15) is 19.5 Å². The van der Waals surface area contributed by atoms with Crippen LogP contribution >= 0.6 is 0 Å². The minimum atomic E-state index is -1.03. The molecule has 0 radical (unpaired) electrons. The van der Waals surface area contributed by atoms with Gasteiger partial charge < -0.3 is 5.11 Å². The molecule has 3 fully saturated rings. The molecule has 1 heterocycles. The fraction of sp³-hybridized carbons (Fsp3) is 0.800. The van der Waals surface area contributed by atoms with E-state index in [0.29, 0.717) is 12.8 Å². The molecule has 1 unspecified atom stereocenters. The fourth-order valence-corrected chi connectivity index (χ4v) is 3.91. The molecule has 1 aliphatic heterocycles. The van der Waals surface area contributed by atoms with E-state index < -0.39 is 12.0 Å². The predicted octanol–water partition coefficient (Wildman–Crippen LogP) is 1.95. The standard InChI is InChI=1S/C15H21NO4/c17-11-8-15(6-2-1-3-7-15)9-12(18)16(11)13(14(19)20)10-4-5-10/h10,13H,1-9H2,(H,19,20). The van der Waals surface area contributed by atoms with Crippen LogP contribution in [0.5, 0.6) is 0 Å². The summed E-state index contributed by atoms with van der Waals surface area (Å²) in [6, 6.07) is -0.920. The number of nitrogens with zero attached hydrogens (tertiary/aromatic N) is 1. The molecule has 110 valence electrons. The first-order chi connectivity index (χ1) is 9.52. The Labute approximate surface area is 118 Å². The first-order valence-corrected chi connectivity index (χ1v) is 7.60. The lowest BCUT2D eigenvalue weighted by molar-refractivity contribution is -0.166. The van der Waals surface area contributed by atoms with E-state index in [0.717, 1.165) is 43.4 Å². The molecule has 1 saturated heterocycles. The van der Waals surface area contributed by atoms with Gasteiger partial charge in [0.15, 0.2) is 0 Å².